The lowest BCUT2D eigenvalue weighted by molar-refractivity contribution is 0.241. The molecule has 1 saturated carbocycles. The Bertz CT molecular complexity index is 1020. The van der Waals surface area contributed by atoms with Gasteiger partial charge in [-0.3, -0.25) is 4.90 Å². The van der Waals surface area contributed by atoms with E-state index in [1.54, 1.807) is 0 Å². The predicted octanol–water partition coefficient (Wildman–Crippen LogP) is 4.89. The highest BCUT2D eigenvalue weighted by Gasteiger charge is 2.24. The van der Waals surface area contributed by atoms with E-state index in [4.69, 9.17) is 15.1 Å². The zero-order valence-corrected chi connectivity index (χ0v) is 18.1. The average Bonchev–Trinajstić information content (AvgIpc) is 3.08. The molecule has 156 valence electrons. The molecule has 5 heteroatoms. The van der Waals surface area contributed by atoms with Crippen LogP contribution in [0.15, 0.2) is 36.5 Å². The normalized spacial score (nSPS) is 17.8. The minimum atomic E-state index is 0.580. The minimum Gasteiger partial charge on any atom is -0.294 e. The average molecular weight is 402 g/mol. The fraction of sp³-hybridized carbons (Fsp3) is 0.480. The lowest BCUT2D eigenvalue weighted by Gasteiger charge is -2.29. The number of nitrogens with zero attached hydrogens (tertiary/aromatic N) is 5. The first-order valence-electron chi connectivity index (χ1n) is 11.4. The summed E-state index contributed by atoms with van der Waals surface area (Å²) in [4.78, 5) is 12.3. The Morgan fingerprint density at radius 2 is 1.83 bits per heavy atom. The first-order chi connectivity index (χ1) is 14.7. The number of aryl methyl sites for hydroxylation is 1. The topological polar surface area (TPSA) is 46.8 Å². The number of rotatable bonds is 4. The van der Waals surface area contributed by atoms with Crippen molar-refractivity contribution in [3.63, 3.8) is 0 Å². The molecule has 0 amide bonds. The van der Waals surface area contributed by atoms with E-state index in [1.807, 2.05) is 6.07 Å². The Morgan fingerprint density at radius 3 is 2.63 bits per heavy atom. The number of fused-ring (bicyclic) bond motifs is 1. The molecular formula is C25H31N5. The van der Waals surface area contributed by atoms with Crippen molar-refractivity contribution in [2.24, 2.45) is 0 Å². The van der Waals surface area contributed by atoms with Gasteiger partial charge in [0.2, 0.25) is 0 Å². The van der Waals surface area contributed by atoms with Gasteiger partial charge in [0.15, 0.2) is 0 Å². The summed E-state index contributed by atoms with van der Waals surface area (Å²) < 4.78 is 2.07. The summed E-state index contributed by atoms with van der Waals surface area (Å²) in [6, 6.07) is 10.4. The van der Waals surface area contributed by atoms with E-state index in [1.165, 1.54) is 54.6 Å². The van der Waals surface area contributed by atoms with Gasteiger partial charge in [0.25, 0.3) is 0 Å². The van der Waals surface area contributed by atoms with E-state index < -0.39 is 0 Å². The van der Waals surface area contributed by atoms with Crippen LogP contribution in [0.3, 0.4) is 0 Å². The van der Waals surface area contributed by atoms with Gasteiger partial charge in [-0.1, -0.05) is 37.5 Å². The third-order valence-corrected chi connectivity index (χ3v) is 6.83. The van der Waals surface area contributed by atoms with E-state index in [0.29, 0.717) is 5.92 Å². The van der Waals surface area contributed by atoms with Gasteiger partial charge in [-0.05, 0) is 38.8 Å². The number of para-hydroxylation sites is 1. The van der Waals surface area contributed by atoms with Gasteiger partial charge in [-0.2, -0.15) is 5.10 Å². The Balaban J connectivity index is 1.32. The largest absolute Gasteiger partial charge is 0.294 e. The van der Waals surface area contributed by atoms with Crippen molar-refractivity contribution in [3.05, 3.63) is 70.6 Å². The zero-order valence-electron chi connectivity index (χ0n) is 18.1. The van der Waals surface area contributed by atoms with Crippen LogP contribution in [0, 0.1) is 13.8 Å². The molecule has 1 aliphatic heterocycles. The van der Waals surface area contributed by atoms with Crippen LogP contribution in [-0.4, -0.2) is 31.2 Å². The molecule has 3 aromatic rings. The van der Waals surface area contributed by atoms with Gasteiger partial charge in [-0.25, -0.2) is 14.6 Å². The van der Waals surface area contributed by atoms with Crippen molar-refractivity contribution in [1.29, 1.82) is 0 Å². The smallest absolute Gasteiger partial charge is 0.131 e. The summed E-state index contributed by atoms with van der Waals surface area (Å²) in [6.45, 7) is 7.20. The fourth-order valence-corrected chi connectivity index (χ4v) is 5.03. The summed E-state index contributed by atoms with van der Waals surface area (Å²) in [5, 5.41) is 4.82. The SMILES string of the molecule is Cc1nn(-c2ccccc2)c(C)c1CN1CCc2nc(C3CCCCC3)ncc2C1. The highest BCUT2D eigenvalue weighted by Crippen LogP contribution is 2.31. The maximum atomic E-state index is 5.00. The monoisotopic (exact) mass is 401 g/mol. The van der Waals surface area contributed by atoms with Gasteiger partial charge in [0.05, 0.1) is 11.4 Å². The molecular weight excluding hydrogens is 370 g/mol. The molecule has 3 heterocycles. The van der Waals surface area contributed by atoms with Crippen LogP contribution in [0.2, 0.25) is 0 Å². The lowest BCUT2D eigenvalue weighted by Crippen LogP contribution is -2.31. The van der Waals surface area contributed by atoms with Gasteiger partial charge in [0.1, 0.15) is 5.82 Å². The van der Waals surface area contributed by atoms with Crippen molar-refractivity contribution >= 4 is 0 Å². The zero-order chi connectivity index (χ0) is 20.5. The second-order valence-corrected chi connectivity index (χ2v) is 8.89. The fourth-order valence-electron chi connectivity index (χ4n) is 5.03. The quantitative estimate of drug-likeness (QED) is 0.625. The van der Waals surface area contributed by atoms with Crippen molar-refractivity contribution in [2.75, 3.05) is 6.54 Å². The van der Waals surface area contributed by atoms with Crippen molar-refractivity contribution in [1.82, 2.24) is 24.6 Å². The number of benzene rings is 1. The summed E-state index contributed by atoms with van der Waals surface area (Å²) in [6.07, 6.45) is 9.66. The minimum absolute atomic E-state index is 0.580. The van der Waals surface area contributed by atoms with Crippen LogP contribution in [-0.2, 0) is 19.5 Å². The molecule has 0 spiro atoms. The molecule has 5 rings (SSSR count). The maximum absolute atomic E-state index is 5.00. The Kier molecular flexibility index (Phi) is 5.38. The molecule has 2 aromatic heterocycles. The number of hydrogen-bond donors (Lipinski definition) is 0. The van der Waals surface area contributed by atoms with E-state index in [-0.39, 0.29) is 0 Å². The molecule has 0 atom stereocenters. The Hall–Kier alpha value is -2.53. The van der Waals surface area contributed by atoms with E-state index >= 15 is 0 Å². The van der Waals surface area contributed by atoms with Crippen LogP contribution in [0.5, 0.6) is 0 Å². The lowest BCUT2D eigenvalue weighted by atomic mass is 9.88. The first-order valence-corrected chi connectivity index (χ1v) is 11.4. The van der Waals surface area contributed by atoms with Gasteiger partial charge >= 0.3 is 0 Å². The molecule has 2 aliphatic rings. The standard InChI is InChI=1S/C25H31N5/c1-18-23(19(2)30(28-18)22-11-7-4-8-12-22)17-29-14-13-24-21(16-29)15-26-25(27-24)20-9-5-3-6-10-20/h4,7-8,11-12,15,20H,3,5-6,9-10,13-14,16-17H2,1-2H3. The van der Waals surface area contributed by atoms with Gasteiger partial charge in [-0.15, -0.1) is 0 Å². The van der Waals surface area contributed by atoms with Crippen molar-refractivity contribution in [3.8, 4) is 5.69 Å². The molecule has 1 aliphatic carbocycles. The Labute approximate surface area is 179 Å². The molecule has 0 bridgehead atoms. The van der Waals surface area contributed by atoms with Crippen LogP contribution in [0.1, 0.15) is 72.1 Å². The molecule has 0 radical (unpaired) electrons. The summed E-state index contributed by atoms with van der Waals surface area (Å²) >= 11 is 0. The van der Waals surface area contributed by atoms with E-state index in [2.05, 4.69) is 53.9 Å². The third-order valence-electron chi connectivity index (χ3n) is 6.83. The molecule has 1 fully saturated rings. The van der Waals surface area contributed by atoms with Crippen LogP contribution in [0.25, 0.3) is 5.69 Å². The van der Waals surface area contributed by atoms with Crippen LogP contribution >= 0.6 is 0 Å². The number of hydrogen-bond acceptors (Lipinski definition) is 4. The van der Waals surface area contributed by atoms with Crippen LogP contribution < -0.4 is 0 Å². The molecule has 0 saturated heterocycles. The van der Waals surface area contributed by atoms with Gasteiger partial charge < -0.3 is 0 Å². The highest BCUT2D eigenvalue weighted by molar-refractivity contribution is 5.37. The molecule has 0 N–H and O–H groups in total. The van der Waals surface area contributed by atoms with Gasteiger partial charge in [0, 0.05) is 60.7 Å². The van der Waals surface area contributed by atoms with E-state index in [9.17, 15) is 0 Å². The summed E-state index contributed by atoms with van der Waals surface area (Å²) in [7, 11) is 0. The second kappa shape index (κ2) is 8.31. The first kappa shape index (κ1) is 19.4. The highest BCUT2D eigenvalue weighted by atomic mass is 15.3. The molecule has 0 unspecified atom stereocenters. The van der Waals surface area contributed by atoms with E-state index in [0.717, 1.165) is 43.3 Å². The van der Waals surface area contributed by atoms with Crippen molar-refractivity contribution < 1.29 is 0 Å². The third kappa shape index (κ3) is 3.79. The summed E-state index contributed by atoms with van der Waals surface area (Å²) in [5.74, 6) is 1.67. The van der Waals surface area contributed by atoms with Crippen LogP contribution in [0.4, 0.5) is 0 Å². The molecule has 1 aromatic carbocycles. The van der Waals surface area contributed by atoms with Crippen molar-refractivity contribution in [2.45, 2.75) is 71.4 Å². The summed E-state index contributed by atoms with van der Waals surface area (Å²) in [5.41, 5.74) is 7.38. The maximum Gasteiger partial charge on any atom is 0.131 e. The predicted molar refractivity (Wildman–Crippen MR) is 119 cm³/mol. The number of aromatic nitrogens is 4. The second-order valence-electron chi connectivity index (χ2n) is 8.89. The Morgan fingerprint density at radius 1 is 1.03 bits per heavy atom. The molecule has 30 heavy (non-hydrogen) atoms. The molecule has 5 nitrogen and oxygen atoms in total.